The molecule has 0 radical (unpaired) electrons. The Morgan fingerprint density at radius 3 is 2.24 bits per heavy atom. The van der Waals surface area contributed by atoms with Crippen molar-refractivity contribution in [3.63, 3.8) is 0 Å². The summed E-state index contributed by atoms with van der Waals surface area (Å²) in [6.07, 6.45) is -6.41. The molecule has 0 spiro atoms. The second-order valence-electron chi connectivity index (χ2n) is 5.27. The van der Waals surface area contributed by atoms with Crippen LogP contribution in [0.1, 0.15) is 5.56 Å². The third kappa shape index (κ3) is 3.30. The Morgan fingerprint density at radius 2 is 1.64 bits per heavy atom. The van der Waals surface area contributed by atoms with Crippen LogP contribution in [0.2, 0.25) is 5.02 Å². The summed E-state index contributed by atoms with van der Waals surface area (Å²) < 4.78 is 82.6. The molecular weight excluding hydrogens is 372 g/mol. The number of alkyl halides is 5. The quantitative estimate of drug-likeness (QED) is 0.591. The van der Waals surface area contributed by atoms with Crippen molar-refractivity contribution in [3.8, 4) is 11.5 Å². The van der Waals surface area contributed by atoms with Crippen molar-refractivity contribution >= 4 is 23.0 Å². The van der Waals surface area contributed by atoms with Crippen molar-refractivity contribution in [2.24, 2.45) is 4.99 Å². The van der Waals surface area contributed by atoms with Gasteiger partial charge in [-0.3, -0.25) is 4.99 Å². The molecule has 0 saturated heterocycles. The molecule has 132 valence electrons. The summed E-state index contributed by atoms with van der Waals surface area (Å²) in [4.78, 5) is 3.37. The van der Waals surface area contributed by atoms with Gasteiger partial charge in [0.1, 0.15) is 23.0 Å². The molecule has 0 unspecified atom stereocenters. The van der Waals surface area contributed by atoms with Crippen LogP contribution >= 0.6 is 11.6 Å². The van der Waals surface area contributed by atoms with E-state index >= 15 is 0 Å². The van der Waals surface area contributed by atoms with Crippen LogP contribution in [-0.2, 0) is 6.42 Å². The number of halogens is 7. The van der Waals surface area contributed by atoms with E-state index in [2.05, 4.69) is 4.99 Å². The van der Waals surface area contributed by atoms with Crippen molar-refractivity contribution in [3.05, 3.63) is 52.8 Å². The van der Waals surface area contributed by atoms with Crippen molar-refractivity contribution in [2.75, 3.05) is 0 Å². The highest BCUT2D eigenvalue weighted by molar-refractivity contribution is 6.32. The van der Waals surface area contributed by atoms with E-state index in [0.717, 1.165) is 18.2 Å². The number of nitrogens with zero attached hydrogens (tertiary/aromatic N) is 1. The molecule has 2 nitrogen and oxygen atoms in total. The third-order valence-corrected chi connectivity index (χ3v) is 3.80. The van der Waals surface area contributed by atoms with Gasteiger partial charge in [0, 0.05) is 6.42 Å². The molecule has 0 saturated carbocycles. The van der Waals surface area contributed by atoms with Crippen LogP contribution in [0.4, 0.5) is 32.0 Å². The van der Waals surface area contributed by atoms with E-state index in [9.17, 15) is 26.3 Å². The predicted molar refractivity (Wildman–Crippen MR) is 79.7 cm³/mol. The minimum Gasteiger partial charge on any atom is -0.456 e. The fourth-order valence-corrected chi connectivity index (χ4v) is 2.45. The predicted octanol–water partition coefficient (Wildman–Crippen LogP) is 6.10. The second kappa shape index (κ2) is 5.94. The van der Waals surface area contributed by atoms with E-state index in [1.807, 2.05) is 0 Å². The van der Waals surface area contributed by atoms with Gasteiger partial charge in [-0.05, 0) is 42.0 Å². The molecule has 0 bridgehead atoms. The van der Waals surface area contributed by atoms with Gasteiger partial charge in [0.2, 0.25) is 0 Å². The van der Waals surface area contributed by atoms with E-state index in [1.54, 1.807) is 0 Å². The molecule has 25 heavy (non-hydrogen) atoms. The van der Waals surface area contributed by atoms with Gasteiger partial charge < -0.3 is 4.74 Å². The molecule has 0 aromatic heterocycles. The Bertz CT molecular complexity index is 845. The fraction of sp³-hybridized carbons (Fsp3) is 0.188. The highest BCUT2D eigenvalue weighted by Gasteiger charge is 2.61. The van der Waals surface area contributed by atoms with Crippen LogP contribution in [0.5, 0.6) is 11.5 Å². The van der Waals surface area contributed by atoms with Crippen molar-refractivity contribution in [1.29, 1.82) is 0 Å². The van der Waals surface area contributed by atoms with E-state index in [4.69, 9.17) is 16.3 Å². The number of ether oxygens (including phenoxy) is 1. The minimum absolute atomic E-state index is 0.0246. The lowest BCUT2D eigenvalue weighted by atomic mass is 10.1. The van der Waals surface area contributed by atoms with E-state index in [1.165, 1.54) is 18.2 Å². The van der Waals surface area contributed by atoms with Gasteiger partial charge in [-0.15, -0.1) is 0 Å². The van der Waals surface area contributed by atoms with Gasteiger partial charge in [0.15, 0.2) is 0 Å². The lowest BCUT2D eigenvalue weighted by Crippen LogP contribution is -2.44. The second-order valence-corrected chi connectivity index (χ2v) is 5.68. The van der Waals surface area contributed by atoms with Gasteiger partial charge in [-0.1, -0.05) is 11.6 Å². The van der Waals surface area contributed by atoms with Crippen LogP contribution < -0.4 is 4.74 Å². The average molecular weight is 380 g/mol. The van der Waals surface area contributed by atoms with Gasteiger partial charge >= 0.3 is 12.1 Å². The summed E-state index contributed by atoms with van der Waals surface area (Å²) in [6.45, 7) is 0. The lowest BCUT2D eigenvalue weighted by molar-refractivity contribution is -0.249. The Balaban J connectivity index is 1.88. The van der Waals surface area contributed by atoms with Crippen molar-refractivity contribution in [1.82, 2.24) is 0 Å². The minimum atomic E-state index is -5.73. The zero-order chi connectivity index (χ0) is 18.4. The lowest BCUT2D eigenvalue weighted by Gasteiger charge is -2.19. The molecule has 0 amide bonds. The molecule has 0 aliphatic carbocycles. The van der Waals surface area contributed by atoms with Gasteiger partial charge in [0.25, 0.3) is 0 Å². The summed E-state index contributed by atoms with van der Waals surface area (Å²) in [5.41, 5.74) is -1.25. The molecule has 2 aromatic carbocycles. The number of rotatable bonds is 3. The first kappa shape index (κ1) is 17.6. The smallest absolute Gasteiger partial charge is 0.456 e. The van der Waals surface area contributed by atoms with Crippen molar-refractivity contribution in [2.45, 2.75) is 18.5 Å². The van der Waals surface area contributed by atoms with E-state index in [-0.39, 0.29) is 27.8 Å². The number of aliphatic imine (C=N–C) groups is 1. The van der Waals surface area contributed by atoms with E-state index in [0.29, 0.717) is 0 Å². The van der Waals surface area contributed by atoms with Crippen LogP contribution in [0.25, 0.3) is 0 Å². The first-order valence-corrected chi connectivity index (χ1v) is 7.24. The maximum Gasteiger partial charge on any atom is 0.459 e. The van der Waals surface area contributed by atoms with Gasteiger partial charge in [0.05, 0.1) is 10.7 Å². The Kier molecular flexibility index (Phi) is 4.18. The molecule has 2 aromatic rings. The topological polar surface area (TPSA) is 21.6 Å². The van der Waals surface area contributed by atoms with Crippen LogP contribution in [0.15, 0.2) is 41.4 Å². The molecule has 1 aliphatic rings. The monoisotopic (exact) mass is 379 g/mol. The number of hydrogen-bond acceptors (Lipinski definition) is 2. The van der Waals surface area contributed by atoms with Gasteiger partial charge in [-0.2, -0.15) is 22.0 Å². The van der Waals surface area contributed by atoms with Crippen LogP contribution in [0, 0.1) is 5.82 Å². The highest BCUT2D eigenvalue weighted by atomic mass is 35.5. The summed E-state index contributed by atoms with van der Waals surface area (Å²) in [5.74, 6) is -5.25. The maximum atomic E-state index is 13.4. The average Bonchev–Trinajstić information content (AvgIpc) is 2.92. The number of fused-ring (bicyclic) bond motifs is 1. The van der Waals surface area contributed by atoms with Crippen molar-refractivity contribution < 1.29 is 31.1 Å². The molecule has 3 rings (SSSR count). The first-order valence-electron chi connectivity index (χ1n) is 6.86. The summed E-state index contributed by atoms with van der Waals surface area (Å²) in [6, 6.07) is 7.31. The van der Waals surface area contributed by atoms with Gasteiger partial charge in [-0.25, -0.2) is 4.39 Å². The summed E-state index contributed by atoms with van der Waals surface area (Å²) in [5, 5.41) is -0.0246. The summed E-state index contributed by atoms with van der Waals surface area (Å²) in [7, 11) is 0. The van der Waals surface area contributed by atoms with Crippen LogP contribution in [0.3, 0.4) is 0 Å². The molecule has 1 aliphatic heterocycles. The molecule has 9 heteroatoms. The highest BCUT2D eigenvalue weighted by Crippen LogP contribution is 2.44. The summed E-state index contributed by atoms with van der Waals surface area (Å²) >= 11 is 5.96. The third-order valence-electron chi connectivity index (χ3n) is 3.51. The molecule has 0 N–H and O–H groups in total. The zero-order valence-electron chi connectivity index (χ0n) is 12.2. The number of hydrogen-bond donors (Lipinski definition) is 0. The molecule has 0 fully saturated rings. The Labute approximate surface area is 142 Å². The van der Waals surface area contributed by atoms with E-state index < -0.39 is 30.0 Å². The Morgan fingerprint density at radius 1 is 1.00 bits per heavy atom. The normalized spacial score (nSPS) is 14.3. The zero-order valence-corrected chi connectivity index (χ0v) is 12.9. The molecule has 1 heterocycles. The van der Waals surface area contributed by atoms with Crippen LogP contribution in [-0.4, -0.2) is 17.8 Å². The number of benzene rings is 2. The Hall–Kier alpha value is -2.22. The first-order chi connectivity index (χ1) is 11.6. The molecular formula is C16H8ClF6NO. The fourth-order valence-electron chi connectivity index (χ4n) is 2.25. The standard InChI is InChI=1S/C16H8ClF6NO/c17-11-7-12-8(6-14(24-12)15(19,20)16(21,22)23)5-13(11)25-10-3-1-9(18)2-4-10/h1-5,7H,6H2. The maximum absolute atomic E-state index is 13.4. The SMILES string of the molecule is Fc1ccc(Oc2cc3c(cc2Cl)N=C(C(F)(F)C(F)(F)F)C3)cc1. The molecule has 0 atom stereocenters. The largest absolute Gasteiger partial charge is 0.459 e.